The number of aromatic nitrogens is 2. The minimum Gasteiger partial charge on any atom is -0.505 e. The third-order valence-electron chi connectivity index (χ3n) is 12.0. The van der Waals surface area contributed by atoms with Crippen LogP contribution in [0.2, 0.25) is 0 Å². The number of aryl methyl sites for hydroxylation is 2. The normalized spacial score (nSPS) is 14.3. The van der Waals surface area contributed by atoms with E-state index in [1.54, 1.807) is 6.07 Å². The molecule has 2 aromatic heterocycles. The summed E-state index contributed by atoms with van der Waals surface area (Å²) in [5.74, 6) is 0.0128. The molecule has 2 N–H and O–H groups in total. The van der Waals surface area contributed by atoms with Gasteiger partial charge in [0, 0.05) is 62.6 Å². The van der Waals surface area contributed by atoms with Gasteiger partial charge in [-0.15, -0.1) is 0 Å². The van der Waals surface area contributed by atoms with Crippen molar-refractivity contribution in [3.8, 4) is 39.8 Å². The summed E-state index contributed by atoms with van der Waals surface area (Å²) in [6, 6.07) is 44.3. The van der Waals surface area contributed by atoms with Gasteiger partial charge in [0.1, 0.15) is 34.7 Å². The third-order valence-corrected chi connectivity index (χ3v) is 12.0. The largest absolute Gasteiger partial charge is 0.505 e. The Labute approximate surface area is 357 Å². The van der Waals surface area contributed by atoms with Crippen LogP contribution in [0.15, 0.2) is 157 Å². The number of para-hydroxylation sites is 4. The maximum Gasteiger partial charge on any atom is 0.147 e. The minimum absolute atomic E-state index is 0.00707. The second-order valence-electron chi connectivity index (χ2n) is 16.3. The lowest BCUT2D eigenvalue weighted by atomic mass is 9.89. The molecule has 8 heteroatoms. The number of benzene rings is 7. The SMILES string of the molecule is Cc1cc(C2=C(OCCCOc3ccc(F)cc3-c3cc(C)cc(-n4c5ccccc5c5ccccc54)c3O)C(C)CC(F)=C2)c(O)c(-n2c3ccccc3c3ccccc32)c1. The first-order chi connectivity index (χ1) is 30.2. The average Bonchev–Trinajstić information content (AvgIpc) is 3.79. The van der Waals surface area contributed by atoms with Crippen molar-refractivity contribution in [2.75, 3.05) is 13.2 Å². The van der Waals surface area contributed by atoms with Crippen molar-refractivity contribution in [2.45, 2.75) is 33.6 Å². The number of phenolic OH excluding ortho intramolecular Hbond substituents is 2. The zero-order chi connectivity index (χ0) is 42.6. The van der Waals surface area contributed by atoms with Gasteiger partial charge in [-0.1, -0.05) is 79.7 Å². The molecule has 9 aromatic rings. The first-order valence-corrected chi connectivity index (χ1v) is 21.0. The van der Waals surface area contributed by atoms with Crippen LogP contribution >= 0.6 is 0 Å². The van der Waals surface area contributed by atoms with Gasteiger partial charge in [-0.25, -0.2) is 8.78 Å². The smallest absolute Gasteiger partial charge is 0.147 e. The molecule has 308 valence electrons. The molecule has 10 rings (SSSR count). The summed E-state index contributed by atoms with van der Waals surface area (Å²) >= 11 is 0. The predicted molar refractivity (Wildman–Crippen MR) is 246 cm³/mol. The van der Waals surface area contributed by atoms with E-state index in [9.17, 15) is 10.2 Å². The molecule has 0 saturated carbocycles. The molecule has 1 atom stereocenters. The molecular formula is C54H44F2N2O4. The van der Waals surface area contributed by atoms with Crippen LogP contribution in [0.25, 0.3) is 71.7 Å². The second-order valence-corrected chi connectivity index (χ2v) is 16.3. The average molecular weight is 823 g/mol. The fourth-order valence-electron chi connectivity index (χ4n) is 9.26. The maximum absolute atomic E-state index is 15.3. The molecule has 1 aliphatic rings. The van der Waals surface area contributed by atoms with Gasteiger partial charge in [0.2, 0.25) is 0 Å². The van der Waals surface area contributed by atoms with Crippen molar-refractivity contribution in [1.29, 1.82) is 0 Å². The lowest BCUT2D eigenvalue weighted by Gasteiger charge is -2.25. The number of halogens is 2. The van der Waals surface area contributed by atoms with Crippen molar-refractivity contribution < 1.29 is 28.5 Å². The first kappa shape index (κ1) is 38.9. The summed E-state index contributed by atoms with van der Waals surface area (Å²) in [4.78, 5) is 0. The molecule has 1 unspecified atom stereocenters. The molecule has 0 amide bonds. The summed E-state index contributed by atoms with van der Waals surface area (Å²) in [7, 11) is 0. The van der Waals surface area contributed by atoms with Gasteiger partial charge in [0.25, 0.3) is 0 Å². The highest BCUT2D eigenvalue weighted by Gasteiger charge is 2.27. The number of rotatable bonds is 10. The van der Waals surface area contributed by atoms with E-state index in [2.05, 4.69) is 28.8 Å². The van der Waals surface area contributed by atoms with Crippen LogP contribution in [-0.2, 0) is 4.74 Å². The molecule has 0 saturated heterocycles. The molecule has 1 aliphatic carbocycles. The van der Waals surface area contributed by atoms with E-state index in [1.165, 1.54) is 18.2 Å². The maximum atomic E-state index is 15.3. The Morgan fingerprint density at radius 2 is 1.03 bits per heavy atom. The Kier molecular flexibility index (Phi) is 9.78. The van der Waals surface area contributed by atoms with E-state index >= 15 is 8.78 Å². The predicted octanol–water partition coefficient (Wildman–Crippen LogP) is 13.8. The van der Waals surface area contributed by atoms with Gasteiger partial charge >= 0.3 is 0 Å². The van der Waals surface area contributed by atoms with E-state index in [4.69, 9.17) is 9.47 Å². The summed E-state index contributed by atoms with van der Waals surface area (Å²) in [5.41, 5.74) is 8.63. The molecule has 0 aliphatic heterocycles. The monoisotopic (exact) mass is 822 g/mol. The Hall–Kier alpha value is -7.32. The van der Waals surface area contributed by atoms with Crippen LogP contribution in [-0.4, -0.2) is 32.6 Å². The van der Waals surface area contributed by atoms with E-state index in [0.717, 1.165) is 54.7 Å². The van der Waals surface area contributed by atoms with Gasteiger partial charge < -0.3 is 28.8 Å². The van der Waals surface area contributed by atoms with Gasteiger partial charge in [-0.05, 0) is 97.8 Å². The summed E-state index contributed by atoms with van der Waals surface area (Å²) in [5, 5.41) is 28.4. The highest BCUT2D eigenvalue weighted by molar-refractivity contribution is 6.10. The zero-order valence-corrected chi connectivity index (χ0v) is 34.6. The van der Waals surface area contributed by atoms with Gasteiger partial charge in [-0.2, -0.15) is 0 Å². The third kappa shape index (κ3) is 6.63. The number of nitrogens with zero attached hydrogens (tertiary/aromatic N) is 2. The number of fused-ring (bicyclic) bond motifs is 6. The molecule has 6 nitrogen and oxygen atoms in total. The Morgan fingerprint density at radius 1 is 0.565 bits per heavy atom. The Morgan fingerprint density at radius 3 is 1.56 bits per heavy atom. The fraction of sp³-hybridized carbons (Fsp3) is 0.148. The molecule has 0 fully saturated rings. The number of phenols is 2. The molecule has 7 aromatic carbocycles. The van der Waals surface area contributed by atoms with Crippen LogP contribution in [0.1, 0.15) is 36.5 Å². The zero-order valence-electron chi connectivity index (χ0n) is 34.6. The lowest BCUT2D eigenvalue weighted by Crippen LogP contribution is -2.13. The topological polar surface area (TPSA) is 68.8 Å². The molecule has 0 bridgehead atoms. The van der Waals surface area contributed by atoms with Crippen molar-refractivity contribution in [3.63, 3.8) is 0 Å². The van der Waals surface area contributed by atoms with Crippen molar-refractivity contribution in [1.82, 2.24) is 9.13 Å². The van der Waals surface area contributed by atoms with Crippen molar-refractivity contribution in [2.24, 2.45) is 5.92 Å². The van der Waals surface area contributed by atoms with Crippen molar-refractivity contribution in [3.05, 3.63) is 180 Å². The van der Waals surface area contributed by atoms with Crippen LogP contribution in [0.3, 0.4) is 0 Å². The summed E-state index contributed by atoms with van der Waals surface area (Å²) < 4.78 is 47.3. The first-order valence-electron chi connectivity index (χ1n) is 21.0. The molecule has 0 radical (unpaired) electrons. The van der Waals surface area contributed by atoms with Crippen molar-refractivity contribution >= 4 is 49.2 Å². The van der Waals surface area contributed by atoms with Crippen LogP contribution in [0.4, 0.5) is 8.78 Å². The number of allylic oxidation sites excluding steroid dienone is 4. The van der Waals surface area contributed by atoms with E-state index in [1.807, 2.05) is 122 Å². The van der Waals surface area contributed by atoms with Crippen LogP contribution < -0.4 is 4.74 Å². The fourth-order valence-corrected chi connectivity index (χ4v) is 9.26. The van der Waals surface area contributed by atoms with Gasteiger partial charge in [-0.3, -0.25) is 0 Å². The van der Waals surface area contributed by atoms with Crippen LogP contribution in [0, 0.1) is 25.6 Å². The number of ether oxygens (including phenoxy) is 2. The highest BCUT2D eigenvalue weighted by Crippen LogP contribution is 2.45. The lowest BCUT2D eigenvalue weighted by molar-refractivity contribution is 0.158. The second kappa shape index (κ2) is 15.6. The molecule has 2 heterocycles. The van der Waals surface area contributed by atoms with Gasteiger partial charge in [0.15, 0.2) is 0 Å². The molecule has 0 spiro atoms. The van der Waals surface area contributed by atoms with Gasteiger partial charge in [0.05, 0.1) is 46.7 Å². The quantitative estimate of drug-likeness (QED) is 0.135. The number of hydrogen-bond donors (Lipinski definition) is 2. The van der Waals surface area contributed by atoms with Crippen LogP contribution in [0.5, 0.6) is 17.2 Å². The molecular weight excluding hydrogens is 779 g/mol. The Bertz CT molecular complexity index is 3190. The van der Waals surface area contributed by atoms with E-state index < -0.39 is 5.82 Å². The Balaban J connectivity index is 0.939. The molecule has 62 heavy (non-hydrogen) atoms. The summed E-state index contributed by atoms with van der Waals surface area (Å²) in [6.45, 7) is 6.31. The van der Waals surface area contributed by atoms with E-state index in [0.29, 0.717) is 51.6 Å². The number of hydrogen-bond acceptors (Lipinski definition) is 4. The minimum atomic E-state index is -0.457. The highest BCUT2D eigenvalue weighted by atomic mass is 19.1. The standard InChI is InChI=1S/C54H44F2N2O4/c1-32-25-42(52(59)49(27-32)57-45-17-8-4-13-37(45)38-14-5-9-18-46(38)57)41-30-35(55)21-22-51(41)61-23-12-24-62-54-34(3)29-36(56)31-44(54)43-26-33(2)28-50(53(43)60)58-47-19-10-6-15-39(47)40-16-7-11-20-48(40)58/h4-11,13-22,25-28,30-31,34,59-60H,12,23-24,29H2,1-3H3. The summed E-state index contributed by atoms with van der Waals surface area (Å²) in [6.07, 6.45) is 2.10. The number of aromatic hydroxyl groups is 2. The van der Waals surface area contributed by atoms with E-state index in [-0.39, 0.29) is 42.9 Å².